The topological polar surface area (TPSA) is 52.7 Å². The van der Waals surface area contributed by atoms with Gasteiger partial charge in [-0.2, -0.15) is 0 Å². The van der Waals surface area contributed by atoms with Gasteiger partial charge in [-0.15, -0.1) is 0 Å². The van der Waals surface area contributed by atoms with Gasteiger partial charge in [0.25, 0.3) is 5.91 Å². The van der Waals surface area contributed by atoms with E-state index in [0.717, 1.165) is 61.3 Å². The molecule has 1 aliphatic rings. The monoisotopic (exact) mass is 601 g/mol. The Morgan fingerprint density at radius 1 is 0.884 bits per heavy atom. The lowest BCUT2D eigenvalue weighted by atomic mass is 9.99. The lowest BCUT2D eigenvalue weighted by molar-refractivity contribution is -0.115. The Balaban J connectivity index is 1.42. The maximum Gasteiger partial charge on any atom is 0.254 e. The molecule has 4 rings (SSSR count). The molecule has 0 saturated carbocycles. The van der Waals surface area contributed by atoms with Crippen LogP contribution in [-0.4, -0.2) is 47.3 Å². The highest BCUT2D eigenvalue weighted by Crippen LogP contribution is 2.24. The predicted molar refractivity (Wildman–Crippen MR) is 179 cm³/mol. The second-order valence-electron chi connectivity index (χ2n) is 12.4. The molecule has 2 amide bonds. The smallest absolute Gasteiger partial charge is 0.254 e. The van der Waals surface area contributed by atoms with Crippen molar-refractivity contribution < 1.29 is 9.59 Å². The van der Waals surface area contributed by atoms with E-state index in [9.17, 15) is 9.59 Å². The number of nitrogens with one attached hydrogen (secondary N) is 1. The SMILES string of the molecule is CCCCCc1ccc(C(=O)N(Cc2ccc(NC(=O)Cc3ccc(Cl)cc3)cc2)C2CCN(CCC(C)C)CC2)cc1. The fourth-order valence-electron chi connectivity index (χ4n) is 5.70. The molecule has 43 heavy (non-hydrogen) atoms. The van der Waals surface area contributed by atoms with E-state index < -0.39 is 0 Å². The van der Waals surface area contributed by atoms with Crippen LogP contribution in [-0.2, 0) is 24.2 Å². The molecule has 3 aromatic rings. The highest BCUT2D eigenvalue weighted by molar-refractivity contribution is 6.30. The highest BCUT2D eigenvalue weighted by atomic mass is 35.5. The maximum absolute atomic E-state index is 14.0. The van der Waals surface area contributed by atoms with E-state index in [0.29, 0.717) is 17.5 Å². The number of unbranched alkanes of at least 4 members (excludes halogenated alkanes) is 2. The van der Waals surface area contributed by atoms with E-state index in [-0.39, 0.29) is 24.3 Å². The molecular weight excluding hydrogens is 554 g/mol. The van der Waals surface area contributed by atoms with Crippen molar-refractivity contribution in [2.75, 3.05) is 25.0 Å². The third-order valence-electron chi connectivity index (χ3n) is 8.42. The molecule has 0 spiro atoms. The summed E-state index contributed by atoms with van der Waals surface area (Å²) < 4.78 is 0. The number of aryl methyl sites for hydroxylation is 1. The Labute approximate surface area is 263 Å². The van der Waals surface area contributed by atoms with Crippen LogP contribution >= 0.6 is 11.6 Å². The van der Waals surface area contributed by atoms with Gasteiger partial charge in [0.2, 0.25) is 5.91 Å². The normalized spacial score (nSPS) is 14.2. The average molecular weight is 602 g/mol. The number of piperidine rings is 1. The molecule has 1 saturated heterocycles. The van der Waals surface area contributed by atoms with Crippen LogP contribution in [0.4, 0.5) is 5.69 Å². The maximum atomic E-state index is 14.0. The largest absolute Gasteiger partial charge is 0.331 e. The molecule has 6 heteroatoms. The quantitative estimate of drug-likeness (QED) is 0.189. The Morgan fingerprint density at radius 2 is 1.51 bits per heavy atom. The summed E-state index contributed by atoms with van der Waals surface area (Å²) in [6.45, 7) is 10.5. The molecule has 1 fully saturated rings. The van der Waals surface area contributed by atoms with Gasteiger partial charge in [0, 0.05) is 41.9 Å². The zero-order chi connectivity index (χ0) is 30.6. The minimum Gasteiger partial charge on any atom is -0.331 e. The second kappa shape index (κ2) is 16.6. The van der Waals surface area contributed by atoms with Crippen LogP contribution in [0, 0.1) is 5.92 Å². The van der Waals surface area contributed by atoms with Gasteiger partial charge in [0.15, 0.2) is 0 Å². The van der Waals surface area contributed by atoms with Crippen molar-refractivity contribution in [3.63, 3.8) is 0 Å². The van der Waals surface area contributed by atoms with Gasteiger partial charge in [-0.25, -0.2) is 0 Å². The van der Waals surface area contributed by atoms with E-state index >= 15 is 0 Å². The number of carbonyl (C=O) groups is 2. The average Bonchev–Trinajstić information content (AvgIpc) is 3.01. The van der Waals surface area contributed by atoms with Crippen molar-refractivity contribution in [1.82, 2.24) is 9.80 Å². The molecule has 5 nitrogen and oxygen atoms in total. The molecule has 0 unspecified atom stereocenters. The summed E-state index contributed by atoms with van der Waals surface area (Å²) in [4.78, 5) is 31.2. The molecule has 0 atom stereocenters. The fraction of sp³-hybridized carbons (Fsp3) is 0.459. The number of hydrogen-bond acceptors (Lipinski definition) is 3. The number of hydrogen-bond donors (Lipinski definition) is 1. The number of likely N-dealkylation sites (tertiary alicyclic amines) is 1. The van der Waals surface area contributed by atoms with E-state index in [1.165, 1.54) is 31.2 Å². The minimum atomic E-state index is -0.0748. The molecule has 1 aliphatic heterocycles. The summed E-state index contributed by atoms with van der Waals surface area (Å²) in [5.74, 6) is 0.723. The molecule has 3 aromatic carbocycles. The van der Waals surface area contributed by atoms with Gasteiger partial charge in [0.1, 0.15) is 0 Å². The fourth-order valence-corrected chi connectivity index (χ4v) is 5.83. The van der Waals surface area contributed by atoms with Crippen LogP contribution < -0.4 is 5.32 Å². The van der Waals surface area contributed by atoms with E-state index in [4.69, 9.17) is 11.6 Å². The number of nitrogens with zero attached hydrogens (tertiary/aromatic N) is 2. The van der Waals surface area contributed by atoms with Crippen molar-refractivity contribution >= 4 is 29.1 Å². The number of anilines is 1. The van der Waals surface area contributed by atoms with Crippen LogP contribution in [0.5, 0.6) is 0 Å². The first-order valence-electron chi connectivity index (χ1n) is 16.1. The van der Waals surface area contributed by atoms with Gasteiger partial charge in [-0.1, -0.05) is 81.6 Å². The molecular formula is C37H48ClN3O2. The number of carbonyl (C=O) groups excluding carboxylic acids is 2. The van der Waals surface area contributed by atoms with Crippen molar-refractivity contribution in [3.8, 4) is 0 Å². The highest BCUT2D eigenvalue weighted by Gasteiger charge is 2.29. The van der Waals surface area contributed by atoms with Gasteiger partial charge >= 0.3 is 0 Å². The number of benzene rings is 3. The van der Waals surface area contributed by atoms with Crippen LogP contribution in [0.25, 0.3) is 0 Å². The van der Waals surface area contributed by atoms with Crippen LogP contribution in [0.3, 0.4) is 0 Å². The molecule has 0 bridgehead atoms. The summed E-state index contributed by atoms with van der Waals surface area (Å²) in [7, 11) is 0. The van der Waals surface area contributed by atoms with E-state index in [1.807, 2.05) is 48.5 Å². The predicted octanol–water partition coefficient (Wildman–Crippen LogP) is 8.41. The van der Waals surface area contributed by atoms with Gasteiger partial charge in [0.05, 0.1) is 6.42 Å². The van der Waals surface area contributed by atoms with Gasteiger partial charge in [-0.05, 0) is 97.7 Å². The number of amides is 2. The van der Waals surface area contributed by atoms with Crippen LogP contribution in [0.2, 0.25) is 5.02 Å². The standard InChI is InChI=1S/C37H48ClN3O2/c1-4-5-6-7-29-8-14-32(15-9-29)37(43)41(35-21-24-40(25-22-35)23-20-28(2)3)27-31-12-18-34(19-13-31)39-36(42)26-30-10-16-33(38)17-11-30/h8-19,28,35H,4-7,20-27H2,1-3H3,(H,39,42). The summed E-state index contributed by atoms with van der Waals surface area (Å²) in [5.41, 5.74) is 4.77. The Kier molecular flexibility index (Phi) is 12.7. The van der Waals surface area contributed by atoms with Crippen molar-refractivity contribution in [2.24, 2.45) is 5.92 Å². The van der Waals surface area contributed by atoms with Crippen molar-refractivity contribution in [1.29, 1.82) is 0 Å². The Bertz CT molecular complexity index is 1280. The lowest BCUT2D eigenvalue weighted by Crippen LogP contribution is -2.47. The first-order valence-corrected chi connectivity index (χ1v) is 16.4. The molecule has 0 aromatic heterocycles. The lowest BCUT2D eigenvalue weighted by Gasteiger charge is -2.39. The molecule has 230 valence electrons. The third-order valence-corrected chi connectivity index (χ3v) is 8.67. The first-order chi connectivity index (χ1) is 20.8. The summed E-state index contributed by atoms with van der Waals surface area (Å²) in [5, 5.41) is 3.64. The Morgan fingerprint density at radius 3 is 2.14 bits per heavy atom. The van der Waals surface area contributed by atoms with E-state index in [1.54, 1.807) is 12.1 Å². The first kappa shape index (κ1) is 32.8. The zero-order valence-corrected chi connectivity index (χ0v) is 26.9. The summed E-state index contributed by atoms with van der Waals surface area (Å²) in [6.07, 6.45) is 8.14. The summed E-state index contributed by atoms with van der Waals surface area (Å²) >= 11 is 5.96. The number of rotatable bonds is 14. The molecule has 1 heterocycles. The van der Waals surface area contributed by atoms with Crippen LogP contribution in [0.1, 0.15) is 86.3 Å². The minimum absolute atomic E-state index is 0.0748. The van der Waals surface area contributed by atoms with Gasteiger partial charge < -0.3 is 15.1 Å². The molecule has 1 N–H and O–H groups in total. The summed E-state index contributed by atoms with van der Waals surface area (Å²) in [6, 6.07) is 23.7. The van der Waals surface area contributed by atoms with Gasteiger partial charge in [-0.3, -0.25) is 9.59 Å². The van der Waals surface area contributed by atoms with Crippen molar-refractivity contribution in [2.45, 2.75) is 84.7 Å². The Hall–Kier alpha value is -3.15. The van der Waals surface area contributed by atoms with Crippen molar-refractivity contribution in [3.05, 3.63) is 100 Å². The zero-order valence-electron chi connectivity index (χ0n) is 26.2. The third kappa shape index (κ3) is 10.5. The van der Waals surface area contributed by atoms with E-state index in [2.05, 4.69) is 48.0 Å². The molecule has 0 radical (unpaired) electrons. The van der Waals surface area contributed by atoms with Crippen LogP contribution in [0.15, 0.2) is 72.8 Å². The second-order valence-corrected chi connectivity index (χ2v) is 12.8. The number of halogens is 1. The molecule has 0 aliphatic carbocycles.